The van der Waals surface area contributed by atoms with E-state index in [1.165, 1.54) is 11.8 Å². The molecular weight excluding hydrogens is 370 g/mol. The number of benzene rings is 1. The lowest BCUT2D eigenvalue weighted by atomic mass is 10.1. The van der Waals surface area contributed by atoms with Crippen molar-refractivity contribution < 1.29 is 4.79 Å². The highest BCUT2D eigenvalue weighted by atomic mass is 32.2. The Morgan fingerprint density at radius 2 is 2.07 bits per heavy atom. The Balaban J connectivity index is 1.77. The fraction of sp³-hybridized carbons (Fsp3) is 0.238. The van der Waals surface area contributed by atoms with Crippen molar-refractivity contribution in [2.24, 2.45) is 7.05 Å². The Bertz CT molecular complexity index is 1020. The van der Waals surface area contributed by atoms with Crippen LogP contribution in [0.15, 0.2) is 53.8 Å². The van der Waals surface area contributed by atoms with Crippen LogP contribution in [0.3, 0.4) is 0 Å². The fourth-order valence-electron chi connectivity index (χ4n) is 2.98. The first kappa shape index (κ1) is 19.6. The quantitative estimate of drug-likeness (QED) is 0.652. The number of pyridine rings is 1. The summed E-state index contributed by atoms with van der Waals surface area (Å²) >= 11 is 1.27. The molecule has 0 aliphatic heterocycles. The number of nitrogens with zero attached hydrogens (tertiary/aromatic N) is 4. The lowest BCUT2D eigenvalue weighted by Crippen LogP contribution is -2.32. The first-order valence-corrected chi connectivity index (χ1v) is 9.81. The van der Waals surface area contributed by atoms with Crippen molar-refractivity contribution in [3.63, 3.8) is 0 Å². The predicted molar refractivity (Wildman–Crippen MR) is 109 cm³/mol. The maximum atomic E-state index is 12.7. The highest BCUT2D eigenvalue weighted by molar-refractivity contribution is 8.00. The summed E-state index contributed by atoms with van der Waals surface area (Å²) in [5, 5.41) is 13.0. The molecule has 0 saturated heterocycles. The number of hydrogen-bond acceptors (Lipinski definition) is 5. The largest absolute Gasteiger partial charge is 0.341 e. The van der Waals surface area contributed by atoms with E-state index in [0.29, 0.717) is 10.6 Å². The van der Waals surface area contributed by atoms with Crippen molar-refractivity contribution in [1.29, 1.82) is 5.26 Å². The first-order chi connectivity index (χ1) is 13.5. The van der Waals surface area contributed by atoms with Gasteiger partial charge in [0, 0.05) is 25.1 Å². The Labute approximate surface area is 168 Å². The van der Waals surface area contributed by atoms with E-state index < -0.39 is 0 Å². The summed E-state index contributed by atoms with van der Waals surface area (Å²) in [6.45, 7) is 3.76. The van der Waals surface area contributed by atoms with E-state index in [-0.39, 0.29) is 17.7 Å². The summed E-state index contributed by atoms with van der Waals surface area (Å²) in [4.78, 5) is 21.5. The van der Waals surface area contributed by atoms with E-state index in [2.05, 4.69) is 21.4 Å². The molecule has 28 heavy (non-hydrogen) atoms. The minimum atomic E-state index is -0.350. The standard InChI is InChI=1S/C21H21N5OS/c1-14-11-15(2)24-21(17(14)12-22)28-13-18(27)25-19(16-7-5-4-6-8-16)20-23-9-10-26(20)3/h4-11,19H,13H2,1-3H3,(H,25,27)/t19-/m0/s1. The third-order valence-corrected chi connectivity index (χ3v) is 5.29. The molecule has 0 unspecified atom stereocenters. The van der Waals surface area contributed by atoms with Crippen LogP contribution >= 0.6 is 11.8 Å². The van der Waals surface area contributed by atoms with Crippen molar-refractivity contribution >= 4 is 17.7 Å². The summed E-state index contributed by atoms with van der Waals surface area (Å²) in [7, 11) is 1.90. The van der Waals surface area contributed by atoms with Gasteiger partial charge in [0.2, 0.25) is 5.91 Å². The first-order valence-electron chi connectivity index (χ1n) is 8.82. The van der Waals surface area contributed by atoms with Gasteiger partial charge < -0.3 is 9.88 Å². The smallest absolute Gasteiger partial charge is 0.231 e. The zero-order valence-corrected chi connectivity index (χ0v) is 16.8. The maximum Gasteiger partial charge on any atom is 0.231 e. The molecule has 0 aliphatic carbocycles. The summed E-state index contributed by atoms with van der Waals surface area (Å²) in [6, 6.07) is 13.4. The van der Waals surface area contributed by atoms with E-state index in [1.54, 1.807) is 6.20 Å². The van der Waals surface area contributed by atoms with E-state index >= 15 is 0 Å². The molecule has 0 bridgehead atoms. The number of aromatic nitrogens is 3. The van der Waals surface area contributed by atoms with E-state index in [4.69, 9.17) is 0 Å². The van der Waals surface area contributed by atoms with E-state index in [1.807, 2.05) is 68.1 Å². The van der Waals surface area contributed by atoms with Gasteiger partial charge in [-0.05, 0) is 31.0 Å². The minimum absolute atomic E-state index is 0.147. The molecule has 1 N–H and O–H groups in total. The number of amides is 1. The predicted octanol–water partition coefficient (Wildman–Crippen LogP) is 3.30. The normalized spacial score (nSPS) is 11.6. The topological polar surface area (TPSA) is 83.6 Å². The number of hydrogen-bond donors (Lipinski definition) is 1. The van der Waals surface area contributed by atoms with Crippen molar-refractivity contribution in [1.82, 2.24) is 19.9 Å². The van der Waals surface area contributed by atoms with Gasteiger partial charge in [0.25, 0.3) is 0 Å². The summed E-state index contributed by atoms with van der Waals surface area (Å²) in [5.74, 6) is 0.775. The average molecular weight is 392 g/mol. The molecule has 0 fully saturated rings. The number of carbonyl (C=O) groups excluding carboxylic acids is 1. The molecule has 3 aromatic rings. The van der Waals surface area contributed by atoms with E-state index in [0.717, 1.165) is 22.6 Å². The Kier molecular flexibility index (Phi) is 6.12. The molecule has 0 aliphatic rings. The van der Waals surface area contributed by atoms with E-state index in [9.17, 15) is 10.1 Å². The van der Waals surface area contributed by atoms with Gasteiger partial charge in [-0.1, -0.05) is 42.1 Å². The summed E-state index contributed by atoms with van der Waals surface area (Å²) in [6.07, 6.45) is 3.57. The molecule has 6 nitrogen and oxygen atoms in total. The van der Waals surface area contributed by atoms with Gasteiger partial charge in [-0.3, -0.25) is 4.79 Å². The zero-order valence-electron chi connectivity index (χ0n) is 16.0. The van der Waals surface area contributed by atoms with Crippen molar-refractivity contribution in [2.45, 2.75) is 24.9 Å². The van der Waals surface area contributed by atoms with Crippen LogP contribution in [0.1, 0.15) is 34.3 Å². The molecule has 2 heterocycles. The molecule has 2 aromatic heterocycles. The molecule has 1 aromatic carbocycles. The van der Waals surface area contributed by atoms with Crippen LogP contribution in [0.4, 0.5) is 0 Å². The summed E-state index contributed by atoms with van der Waals surface area (Å²) in [5.41, 5.74) is 3.17. The SMILES string of the molecule is Cc1cc(C)c(C#N)c(SCC(=O)N[C@@H](c2ccccc2)c2nccn2C)n1. The lowest BCUT2D eigenvalue weighted by molar-refractivity contribution is -0.119. The number of aryl methyl sites for hydroxylation is 3. The summed E-state index contributed by atoms with van der Waals surface area (Å²) < 4.78 is 1.89. The minimum Gasteiger partial charge on any atom is -0.341 e. The third kappa shape index (κ3) is 4.41. The van der Waals surface area contributed by atoms with Crippen molar-refractivity contribution in [2.75, 3.05) is 5.75 Å². The van der Waals surface area contributed by atoms with Crippen LogP contribution in [0.25, 0.3) is 0 Å². The Morgan fingerprint density at radius 3 is 2.71 bits per heavy atom. The number of carbonyl (C=O) groups is 1. The highest BCUT2D eigenvalue weighted by Crippen LogP contribution is 2.25. The zero-order chi connectivity index (χ0) is 20.1. The van der Waals surface area contributed by atoms with Crippen LogP contribution in [-0.4, -0.2) is 26.2 Å². The van der Waals surface area contributed by atoms with Gasteiger partial charge in [-0.15, -0.1) is 0 Å². The van der Waals surface area contributed by atoms with Crippen LogP contribution in [-0.2, 0) is 11.8 Å². The molecule has 1 atom stereocenters. The van der Waals surface area contributed by atoms with Crippen LogP contribution in [0.2, 0.25) is 0 Å². The lowest BCUT2D eigenvalue weighted by Gasteiger charge is -2.19. The molecule has 0 saturated carbocycles. The average Bonchev–Trinajstić information content (AvgIpc) is 3.10. The van der Waals surface area contributed by atoms with Gasteiger partial charge in [0.15, 0.2) is 0 Å². The van der Waals surface area contributed by atoms with Crippen molar-refractivity contribution in [3.05, 3.63) is 77.0 Å². The molecule has 1 amide bonds. The van der Waals surface area contributed by atoms with Gasteiger partial charge in [0.05, 0.1) is 11.3 Å². The molecule has 142 valence electrons. The number of thioether (sulfide) groups is 1. The maximum absolute atomic E-state index is 12.7. The molecule has 7 heteroatoms. The van der Waals surface area contributed by atoms with Gasteiger partial charge >= 0.3 is 0 Å². The van der Waals surface area contributed by atoms with Crippen LogP contribution in [0.5, 0.6) is 0 Å². The number of nitriles is 1. The van der Waals surface area contributed by atoms with Gasteiger partial charge in [-0.25, -0.2) is 9.97 Å². The monoisotopic (exact) mass is 391 g/mol. The second kappa shape index (κ2) is 8.72. The van der Waals surface area contributed by atoms with Gasteiger partial charge in [0.1, 0.15) is 23.0 Å². The molecular formula is C21H21N5OS. The third-order valence-electron chi connectivity index (χ3n) is 4.32. The molecule has 3 rings (SSSR count). The second-order valence-corrected chi connectivity index (χ2v) is 7.43. The number of imidazole rings is 1. The van der Waals surface area contributed by atoms with Crippen molar-refractivity contribution in [3.8, 4) is 6.07 Å². The van der Waals surface area contributed by atoms with Crippen LogP contribution < -0.4 is 5.32 Å². The fourth-order valence-corrected chi connectivity index (χ4v) is 3.89. The van der Waals surface area contributed by atoms with Crippen LogP contribution in [0, 0.1) is 25.2 Å². The Hall–Kier alpha value is -3.11. The molecule has 0 spiro atoms. The molecule has 0 radical (unpaired) electrons. The Morgan fingerprint density at radius 1 is 1.32 bits per heavy atom. The number of rotatable bonds is 6. The van der Waals surface area contributed by atoms with Gasteiger partial charge in [-0.2, -0.15) is 5.26 Å². The highest BCUT2D eigenvalue weighted by Gasteiger charge is 2.21. The second-order valence-electron chi connectivity index (χ2n) is 6.47. The number of nitrogens with one attached hydrogen (secondary N) is 1.